The molecule has 1 aromatic rings. The normalized spacial score (nSPS) is 16.2. The first-order valence-electron chi connectivity index (χ1n) is 12.0. The van der Waals surface area contributed by atoms with Crippen LogP contribution in [0.15, 0.2) is 11.6 Å². The third-order valence-electron chi connectivity index (χ3n) is 6.36. The van der Waals surface area contributed by atoms with Gasteiger partial charge in [0.25, 0.3) is 0 Å². The van der Waals surface area contributed by atoms with Crippen LogP contribution in [0.5, 0.6) is 5.75 Å². The van der Waals surface area contributed by atoms with Gasteiger partial charge in [0.2, 0.25) is 0 Å². The lowest BCUT2D eigenvalue weighted by atomic mass is 9.93. The lowest BCUT2D eigenvalue weighted by Crippen LogP contribution is -2.25. The molecule has 7 heteroatoms. The molecular weight excluding hydrogens is 420 g/mol. The zero-order valence-corrected chi connectivity index (χ0v) is 20.7. The number of fused-ring (bicyclic) bond motifs is 1. The number of allylic oxidation sites excluding steroid dienone is 2. The van der Waals surface area contributed by atoms with Crippen LogP contribution in [0.4, 0.5) is 5.69 Å². The molecule has 0 atom stereocenters. The molecule has 3 rings (SSSR count). The van der Waals surface area contributed by atoms with Crippen LogP contribution < -0.4 is 10.1 Å². The van der Waals surface area contributed by atoms with Crippen molar-refractivity contribution in [2.45, 2.75) is 72.4 Å². The maximum absolute atomic E-state index is 12.5. The average molecular weight is 459 g/mol. The van der Waals surface area contributed by atoms with Crippen molar-refractivity contribution in [3.8, 4) is 5.75 Å². The molecule has 7 nitrogen and oxygen atoms in total. The van der Waals surface area contributed by atoms with Crippen LogP contribution in [0.25, 0.3) is 0 Å². The van der Waals surface area contributed by atoms with Gasteiger partial charge in [-0.1, -0.05) is 11.6 Å². The van der Waals surface area contributed by atoms with Crippen molar-refractivity contribution in [1.29, 1.82) is 0 Å². The van der Waals surface area contributed by atoms with Crippen molar-refractivity contribution in [2.75, 3.05) is 38.7 Å². The van der Waals surface area contributed by atoms with Crippen LogP contribution in [0.2, 0.25) is 0 Å². The lowest BCUT2D eigenvalue weighted by Gasteiger charge is -2.22. The van der Waals surface area contributed by atoms with Gasteiger partial charge in [0.05, 0.1) is 18.4 Å². The number of hydrogen-bond acceptors (Lipinski definition) is 7. The number of rotatable bonds is 11. The van der Waals surface area contributed by atoms with E-state index in [1.807, 2.05) is 27.7 Å². The standard InChI is InChI=1S/C26H38N2O5/c1-17(2)27-24-20(25(31-5)19(4)21-16-33-26(30)23(21)24)10-8-18(3)9-11-22(29)32-15-14-28-12-6-7-13-28/h8,17,27H,6-7,9-16H2,1-5H3/b18-8+. The van der Waals surface area contributed by atoms with Gasteiger partial charge in [-0.15, -0.1) is 0 Å². The van der Waals surface area contributed by atoms with Crippen molar-refractivity contribution >= 4 is 17.6 Å². The topological polar surface area (TPSA) is 77.1 Å². The molecule has 2 aliphatic rings. The van der Waals surface area contributed by atoms with Gasteiger partial charge in [0, 0.05) is 30.1 Å². The van der Waals surface area contributed by atoms with Crippen molar-refractivity contribution in [1.82, 2.24) is 4.90 Å². The summed E-state index contributed by atoms with van der Waals surface area (Å²) >= 11 is 0. The second-order valence-electron chi connectivity index (χ2n) is 9.26. The number of nitrogens with zero attached hydrogens (tertiary/aromatic N) is 1. The monoisotopic (exact) mass is 458 g/mol. The van der Waals surface area contributed by atoms with Crippen LogP contribution in [0.1, 0.15) is 73.5 Å². The molecule has 2 heterocycles. The molecule has 0 aliphatic carbocycles. The summed E-state index contributed by atoms with van der Waals surface area (Å²) < 4.78 is 16.5. The smallest absolute Gasteiger partial charge is 0.341 e. The average Bonchev–Trinajstić information content (AvgIpc) is 3.42. The Morgan fingerprint density at radius 3 is 2.64 bits per heavy atom. The van der Waals surface area contributed by atoms with Crippen LogP contribution in [-0.2, 0) is 27.3 Å². The number of likely N-dealkylation sites (tertiary alicyclic amines) is 1. The van der Waals surface area contributed by atoms with E-state index in [4.69, 9.17) is 14.2 Å². The SMILES string of the molecule is COc1c(C)c2c(c(NC(C)C)c1C/C=C(\C)CCC(=O)OCCN1CCCC1)C(=O)OC2. The molecular formula is C26H38N2O5. The summed E-state index contributed by atoms with van der Waals surface area (Å²) in [6, 6.07) is 0.147. The maximum Gasteiger partial charge on any atom is 0.341 e. The molecule has 2 aliphatic heterocycles. The number of ether oxygens (including phenoxy) is 3. The first-order chi connectivity index (χ1) is 15.8. The number of carbonyl (C=O) groups is 2. The Morgan fingerprint density at radius 1 is 1.24 bits per heavy atom. The van der Waals surface area contributed by atoms with Gasteiger partial charge in [-0.25, -0.2) is 4.79 Å². The number of methoxy groups -OCH3 is 1. The molecule has 0 radical (unpaired) electrons. The molecule has 0 amide bonds. The van der Waals surface area contributed by atoms with E-state index in [1.54, 1.807) is 7.11 Å². The highest BCUT2D eigenvalue weighted by molar-refractivity contribution is 6.01. The Hall–Kier alpha value is -2.54. The van der Waals surface area contributed by atoms with E-state index in [9.17, 15) is 9.59 Å². The molecule has 0 spiro atoms. The summed E-state index contributed by atoms with van der Waals surface area (Å²) in [7, 11) is 1.66. The largest absolute Gasteiger partial charge is 0.496 e. The molecule has 1 aromatic carbocycles. The van der Waals surface area contributed by atoms with E-state index in [0.29, 0.717) is 31.4 Å². The first kappa shape index (κ1) is 25.1. The van der Waals surface area contributed by atoms with Gasteiger partial charge < -0.3 is 19.5 Å². The molecule has 1 N–H and O–H groups in total. The number of nitrogens with one attached hydrogen (secondary N) is 1. The molecule has 182 valence electrons. The van der Waals surface area contributed by atoms with E-state index < -0.39 is 0 Å². The molecule has 1 saturated heterocycles. The molecule has 0 aromatic heterocycles. The van der Waals surface area contributed by atoms with Crippen molar-refractivity contribution in [2.24, 2.45) is 0 Å². The third-order valence-corrected chi connectivity index (χ3v) is 6.36. The Bertz CT molecular complexity index is 901. The van der Waals surface area contributed by atoms with Crippen LogP contribution in [0, 0.1) is 6.92 Å². The molecule has 0 unspecified atom stereocenters. The van der Waals surface area contributed by atoms with Gasteiger partial charge in [-0.3, -0.25) is 9.69 Å². The fourth-order valence-electron chi connectivity index (χ4n) is 4.55. The highest BCUT2D eigenvalue weighted by Crippen LogP contribution is 2.41. The highest BCUT2D eigenvalue weighted by atomic mass is 16.5. The van der Waals surface area contributed by atoms with Crippen molar-refractivity contribution in [3.63, 3.8) is 0 Å². The third kappa shape index (κ3) is 6.28. The summed E-state index contributed by atoms with van der Waals surface area (Å²) in [5.41, 5.74) is 5.27. The Morgan fingerprint density at radius 2 is 1.97 bits per heavy atom. The summed E-state index contributed by atoms with van der Waals surface area (Å²) in [5, 5.41) is 3.44. The summed E-state index contributed by atoms with van der Waals surface area (Å²) in [6.45, 7) is 11.9. The van der Waals surface area contributed by atoms with Gasteiger partial charge >= 0.3 is 11.9 Å². The van der Waals surface area contributed by atoms with Gasteiger partial charge in [-0.2, -0.15) is 0 Å². The minimum atomic E-state index is -0.294. The molecule has 0 bridgehead atoms. The van der Waals surface area contributed by atoms with Crippen LogP contribution >= 0.6 is 0 Å². The van der Waals surface area contributed by atoms with Crippen LogP contribution in [0.3, 0.4) is 0 Å². The first-order valence-corrected chi connectivity index (χ1v) is 12.0. The van der Waals surface area contributed by atoms with Crippen LogP contribution in [-0.4, -0.2) is 56.2 Å². The number of anilines is 1. The highest BCUT2D eigenvalue weighted by Gasteiger charge is 2.32. The minimum Gasteiger partial charge on any atom is -0.496 e. The second kappa shape index (κ2) is 11.5. The van der Waals surface area contributed by atoms with E-state index in [0.717, 1.165) is 53.3 Å². The minimum absolute atomic E-state index is 0.147. The van der Waals surface area contributed by atoms with Crippen molar-refractivity contribution in [3.05, 3.63) is 33.9 Å². The van der Waals surface area contributed by atoms with Gasteiger partial charge in [-0.05, 0) is 72.0 Å². The number of carbonyl (C=O) groups excluding carboxylic acids is 2. The summed E-state index contributed by atoms with van der Waals surface area (Å²) in [4.78, 5) is 27.0. The van der Waals surface area contributed by atoms with Gasteiger partial charge in [0.1, 0.15) is 19.0 Å². The quantitative estimate of drug-likeness (QED) is 0.389. The number of esters is 2. The zero-order valence-electron chi connectivity index (χ0n) is 20.7. The van der Waals surface area contributed by atoms with E-state index in [2.05, 4.69) is 16.3 Å². The van der Waals surface area contributed by atoms with E-state index in [1.165, 1.54) is 12.8 Å². The summed E-state index contributed by atoms with van der Waals surface area (Å²) in [6.07, 6.45) is 6.18. The second-order valence-corrected chi connectivity index (χ2v) is 9.26. The predicted molar refractivity (Wildman–Crippen MR) is 129 cm³/mol. The molecule has 33 heavy (non-hydrogen) atoms. The number of hydrogen-bond donors (Lipinski definition) is 1. The molecule has 1 fully saturated rings. The fourth-order valence-corrected chi connectivity index (χ4v) is 4.55. The van der Waals surface area contributed by atoms with Gasteiger partial charge in [0.15, 0.2) is 0 Å². The number of benzene rings is 1. The Balaban J connectivity index is 1.66. The zero-order chi connectivity index (χ0) is 24.0. The van der Waals surface area contributed by atoms with E-state index >= 15 is 0 Å². The number of cyclic esters (lactones) is 1. The van der Waals surface area contributed by atoms with Crippen molar-refractivity contribution < 1.29 is 23.8 Å². The maximum atomic E-state index is 12.5. The Labute approximate surface area is 197 Å². The fraction of sp³-hybridized carbons (Fsp3) is 0.615. The summed E-state index contributed by atoms with van der Waals surface area (Å²) in [5.74, 6) is 0.330. The Kier molecular flexibility index (Phi) is 8.78. The van der Waals surface area contributed by atoms with E-state index in [-0.39, 0.29) is 24.6 Å². The lowest BCUT2D eigenvalue weighted by molar-refractivity contribution is -0.143. The molecule has 0 saturated carbocycles. The predicted octanol–water partition coefficient (Wildman–Crippen LogP) is 4.40.